The van der Waals surface area contributed by atoms with Crippen molar-refractivity contribution in [2.24, 2.45) is 0 Å². The molecular formula is C3H8INTi. The van der Waals surface area contributed by atoms with E-state index in [1.165, 1.54) is 0 Å². The monoisotopic (exact) mass is 233 g/mol. The van der Waals surface area contributed by atoms with Crippen LogP contribution in [0.5, 0.6) is 0 Å². The van der Waals surface area contributed by atoms with Gasteiger partial charge in [0.2, 0.25) is 0 Å². The van der Waals surface area contributed by atoms with E-state index in [-0.39, 0.29) is 0 Å². The van der Waals surface area contributed by atoms with Gasteiger partial charge in [-0.05, 0) is 0 Å². The molecule has 0 aliphatic carbocycles. The van der Waals surface area contributed by atoms with E-state index in [1.807, 2.05) is 23.6 Å². The van der Waals surface area contributed by atoms with Crippen LogP contribution in [0, 0.1) is 0 Å². The Morgan fingerprint density at radius 2 is 1.83 bits per heavy atom. The Kier molecular flexibility index (Phi) is 28.0. The Bertz CT molecular complexity index is 12.8. The first-order chi connectivity index (χ1) is 2.91. The molecule has 0 aromatic rings. The summed E-state index contributed by atoms with van der Waals surface area (Å²) >= 11 is 4.12. The van der Waals surface area contributed by atoms with Crippen molar-refractivity contribution in [2.45, 2.75) is 6.92 Å². The molecule has 36 valence electrons. The summed E-state index contributed by atoms with van der Waals surface area (Å²) in [6, 6.07) is 0. The van der Waals surface area contributed by atoms with Crippen LogP contribution < -0.4 is 0 Å². The Morgan fingerprint density at radius 1 is 1.67 bits per heavy atom. The summed E-state index contributed by atoms with van der Waals surface area (Å²) in [4.78, 5) is 0. The van der Waals surface area contributed by atoms with Crippen molar-refractivity contribution >= 4 is 19.2 Å². The molecule has 6 heavy (non-hydrogen) atoms. The normalized spacial score (nSPS) is 5.67. The molecule has 1 nitrogen and oxygen atoms in total. The van der Waals surface area contributed by atoms with Gasteiger partial charge in [-0.2, -0.15) is 13.6 Å². The summed E-state index contributed by atoms with van der Waals surface area (Å²) in [5.41, 5.74) is 0. The molecule has 0 rings (SSSR count). The molecule has 0 bridgehead atoms. The van der Waals surface area contributed by atoms with Crippen molar-refractivity contribution in [3.05, 3.63) is 5.32 Å². The molecular weight excluding hydrogens is 225 g/mol. The minimum atomic E-state index is 0.944. The zero-order chi connectivity index (χ0) is 5.41. The molecule has 0 amide bonds. The van der Waals surface area contributed by atoms with Gasteiger partial charge in [0.25, 0.3) is 0 Å². The predicted octanol–water partition coefficient (Wildman–Crippen LogP) is 1.89. The topological polar surface area (TPSA) is 14.1 Å². The zero-order valence-electron chi connectivity index (χ0n) is 4.03. The van der Waals surface area contributed by atoms with Crippen molar-refractivity contribution < 1.29 is 16.7 Å². The van der Waals surface area contributed by atoms with E-state index in [4.69, 9.17) is 0 Å². The Hall–Kier alpha value is 1.40. The molecule has 0 N–H and O–H groups in total. The molecule has 0 spiro atoms. The van der Waals surface area contributed by atoms with Gasteiger partial charge in [0.1, 0.15) is 0 Å². The number of halogens is 1. The Labute approximate surface area is 61.4 Å². The van der Waals surface area contributed by atoms with Gasteiger partial charge < -0.3 is 5.32 Å². The molecule has 0 aromatic carbocycles. The van der Waals surface area contributed by atoms with E-state index in [2.05, 4.69) is 24.5 Å². The summed E-state index contributed by atoms with van der Waals surface area (Å²) in [7, 11) is 1.81. The van der Waals surface area contributed by atoms with Gasteiger partial charge in [-0.3, -0.25) is 0 Å². The standard InChI is InChI=1S/C3H8N.HI.Ti/c1-3-4-2;;/h3H2,1-2H3;1H;/q-1;;+2/p-1. The van der Waals surface area contributed by atoms with E-state index in [0.717, 1.165) is 6.54 Å². The maximum atomic E-state index is 3.74. The SMILES string of the molecule is CC[N-]C.[Ti+][I]. The van der Waals surface area contributed by atoms with Gasteiger partial charge in [0.05, 0.1) is 0 Å². The van der Waals surface area contributed by atoms with E-state index in [1.54, 1.807) is 7.05 Å². The summed E-state index contributed by atoms with van der Waals surface area (Å²) in [6.45, 7) is 2.96. The Balaban J connectivity index is 0. The van der Waals surface area contributed by atoms with Crippen LogP contribution in [-0.4, -0.2) is 13.6 Å². The van der Waals surface area contributed by atoms with E-state index in [0.29, 0.717) is 0 Å². The quantitative estimate of drug-likeness (QED) is 0.485. The number of rotatable bonds is 1. The molecule has 0 aromatic heterocycles. The molecule has 0 aliphatic heterocycles. The summed E-state index contributed by atoms with van der Waals surface area (Å²) < 4.78 is 0. The van der Waals surface area contributed by atoms with Crippen LogP contribution in [0.2, 0.25) is 0 Å². The van der Waals surface area contributed by atoms with Crippen LogP contribution in [0.3, 0.4) is 0 Å². The van der Waals surface area contributed by atoms with Crippen LogP contribution in [0.15, 0.2) is 0 Å². The van der Waals surface area contributed by atoms with Crippen molar-refractivity contribution in [3.63, 3.8) is 0 Å². The van der Waals surface area contributed by atoms with Gasteiger partial charge in [-0.15, -0.1) is 0 Å². The molecule has 0 atom stereocenters. The van der Waals surface area contributed by atoms with Gasteiger partial charge in [-0.25, -0.2) is 0 Å². The van der Waals surface area contributed by atoms with Crippen LogP contribution in [-0.2, 0) is 16.7 Å². The van der Waals surface area contributed by atoms with Crippen LogP contribution in [0.1, 0.15) is 6.92 Å². The number of hydrogen-bond donors (Lipinski definition) is 0. The molecule has 0 aliphatic rings. The third-order valence-electron chi connectivity index (χ3n) is 0.316. The van der Waals surface area contributed by atoms with E-state index >= 15 is 0 Å². The average molecular weight is 233 g/mol. The van der Waals surface area contributed by atoms with Crippen LogP contribution in [0.25, 0.3) is 5.32 Å². The average Bonchev–Trinajstić information content (AvgIpc) is 1.72. The molecule has 3 heteroatoms. The zero-order valence-corrected chi connectivity index (χ0v) is 7.75. The first-order valence-corrected chi connectivity index (χ1v) is 6.70. The first kappa shape index (κ1) is 10.4. The van der Waals surface area contributed by atoms with Gasteiger partial charge in [0, 0.05) is 0 Å². The van der Waals surface area contributed by atoms with E-state index < -0.39 is 0 Å². The Morgan fingerprint density at radius 3 is 1.83 bits per heavy atom. The number of nitrogens with zero attached hydrogens (tertiary/aromatic N) is 1. The van der Waals surface area contributed by atoms with Crippen molar-refractivity contribution in [3.8, 4) is 0 Å². The molecule has 0 saturated heterocycles. The molecule has 0 fully saturated rings. The minimum absolute atomic E-state index is 0.944. The second-order valence-electron chi connectivity index (χ2n) is 0.632. The fourth-order valence-electron chi connectivity index (χ4n) is 0. The first-order valence-electron chi connectivity index (χ1n) is 1.66. The second kappa shape index (κ2) is 16.1. The summed E-state index contributed by atoms with van der Waals surface area (Å²) in [5.74, 6) is 0. The second-order valence-corrected chi connectivity index (χ2v) is 0.632. The van der Waals surface area contributed by atoms with Gasteiger partial charge in [0.15, 0.2) is 0 Å². The van der Waals surface area contributed by atoms with Crippen LogP contribution >= 0.6 is 19.2 Å². The molecule has 0 saturated carbocycles. The fourth-order valence-corrected chi connectivity index (χ4v) is 0. The van der Waals surface area contributed by atoms with Crippen molar-refractivity contribution in [1.82, 2.24) is 0 Å². The van der Waals surface area contributed by atoms with E-state index in [9.17, 15) is 0 Å². The van der Waals surface area contributed by atoms with Gasteiger partial charge >= 0.3 is 35.9 Å². The number of hydrogen-bond acceptors (Lipinski definition) is 0. The summed E-state index contributed by atoms with van der Waals surface area (Å²) in [6.07, 6.45) is 0. The fraction of sp³-hybridized carbons (Fsp3) is 1.00. The van der Waals surface area contributed by atoms with Crippen molar-refractivity contribution in [2.75, 3.05) is 13.6 Å². The predicted molar refractivity (Wildman–Crippen MR) is 33.8 cm³/mol. The van der Waals surface area contributed by atoms with Crippen molar-refractivity contribution in [1.29, 1.82) is 0 Å². The molecule has 0 unspecified atom stereocenters. The molecule has 0 heterocycles. The summed E-state index contributed by atoms with van der Waals surface area (Å²) in [5, 5.41) is 3.74. The third-order valence-corrected chi connectivity index (χ3v) is 0.316. The maximum absolute atomic E-state index is 3.74. The molecule has 0 radical (unpaired) electrons. The van der Waals surface area contributed by atoms with Gasteiger partial charge in [-0.1, -0.05) is 6.92 Å². The van der Waals surface area contributed by atoms with Crippen LogP contribution in [0.4, 0.5) is 0 Å². The third kappa shape index (κ3) is 18.1.